The van der Waals surface area contributed by atoms with Gasteiger partial charge in [-0.15, -0.1) is 0 Å². The van der Waals surface area contributed by atoms with Gasteiger partial charge in [-0.2, -0.15) is 5.10 Å². The summed E-state index contributed by atoms with van der Waals surface area (Å²) in [6, 6.07) is 12.2. The van der Waals surface area contributed by atoms with Crippen molar-refractivity contribution in [3.63, 3.8) is 0 Å². The molecular weight excluding hydrogens is 448 g/mol. The van der Waals surface area contributed by atoms with Crippen molar-refractivity contribution in [3.05, 3.63) is 79.3 Å². The number of halogens is 4. The maximum Gasteiger partial charge on any atom is 0.259 e. The van der Waals surface area contributed by atoms with Gasteiger partial charge in [0.1, 0.15) is 0 Å². The molecule has 1 amide bonds. The SMILES string of the molecule is O=C(Nc1ccn(Cc2ccc(Cl)cc2Cl)n1)c1c(Cl)cccc1Br. The van der Waals surface area contributed by atoms with Crippen molar-refractivity contribution in [2.45, 2.75) is 6.54 Å². The predicted octanol–water partition coefficient (Wildman–Crippen LogP) is 5.91. The Hall–Kier alpha value is -1.53. The van der Waals surface area contributed by atoms with Gasteiger partial charge in [-0.3, -0.25) is 9.48 Å². The van der Waals surface area contributed by atoms with E-state index < -0.39 is 0 Å². The number of hydrogen-bond donors (Lipinski definition) is 1. The van der Waals surface area contributed by atoms with Crippen LogP contribution in [0.4, 0.5) is 5.82 Å². The van der Waals surface area contributed by atoms with Crippen LogP contribution in [0.5, 0.6) is 0 Å². The highest BCUT2D eigenvalue weighted by Crippen LogP contribution is 2.26. The van der Waals surface area contributed by atoms with Gasteiger partial charge in [0.2, 0.25) is 0 Å². The summed E-state index contributed by atoms with van der Waals surface area (Å²) >= 11 is 21.5. The van der Waals surface area contributed by atoms with Crippen LogP contribution in [-0.4, -0.2) is 15.7 Å². The van der Waals surface area contributed by atoms with Gasteiger partial charge in [-0.25, -0.2) is 0 Å². The number of hydrogen-bond acceptors (Lipinski definition) is 2. The Morgan fingerprint density at radius 1 is 1.12 bits per heavy atom. The molecule has 2 aromatic carbocycles. The highest BCUT2D eigenvalue weighted by molar-refractivity contribution is 9.10. The number of carbonyl (C=O) groups excluding carboxylic acids is 1. The molecular formula is C17H11BrCl3N3O. The fraction of sp³-hybridized carbons (Fsp3) is 0.0588. The molecule has 0 radical (unpaired) electrons. The van der Waals surface area contributed by atoms with E-state index in [1.165, 1.54) is 0 Å². The Morgan fingerprint density at radius 3 is 2.64 bits per heavy atom. The fourth-order valence-corrected chi connectivity index (χ4v) is 3.62. The number of benzene rings is 2. The van der Waals surface area contributed by atoms with E-state index in [1.54, 1.807) is 47.3 Å². The molecule has 4 nitrogen and oxygen atoms in total. The Balaban J connectivity index is 1.74. The van der Waals surface area contributed by atoms with Gasteiger partial charge >= 0.3 is 0 Å². The summed E-state index contributed by atoms with van der Waals surface area (Å²) in [6.45, 7) is 0.460. The number of carbonyl (C=O) groups is 1. The van der Waals surface area contributed by atoms with Gasteiger partial charge in [0.15, 0.2) is 5.82 Å². The van der Waals surface area contributed by atoms with Crippen LogP contribution in [0.25, 0.3) is 0 Å². The molecule has 0 aliphatic carbocycles. The second kappa shape index (κ2) is 7.79. The maximum absolute atomic E-state index is 12.4. The average Bonchev–Trinajstić information content (AvgIpc) is 2.97. The first kappa shape index (κ1) is 18.3. The first-order chi connectivity index (χ1) is 11.9. The standard InChI is InChI=1S/C17H11BrCl3N3O/c18-12-2-1-3-13(20)16(12)17(25)22-15-6-7-24(23-15)9-10-4-5-11(19)8-14(10)21/h1-8H,9H2,(H,22,23,25). The van der Waals surface area contributed by atoms with Gasteiger partial charge in [0.25, 0.3) is 5.91 Å². The lowest BCUT2D eigenvalue weighted by atomic mass is 10.2. The number of nitrogens with one attached hydrogen (secondary N) is 1. The van der Waals surface area contributed by atoms with E-state index in [2.05, 4.69) is 26.3 Å². The quantitative estimate of drug-likeness (QED) is 0.528. The number of anilines is 1. The summed E-state index contributed by atoms with van der Waals surface area (Å²) < 4.78 is 2.29. The molecule has 0 fully saturated rings. The third-order valence-corrected chi connectivity index (χ3v) is 4.98. The molecule has 1 aromatic heterocycles. The van der Waals surface area contributed by atoms with Gasteiger partial charge in [-0.1, -0.05) is 46.9 Å². The predicted molar refractivity (Wildman–Crippen MR) is 105 cm³/mol. The summed E-state index contributed by atoms with van der Waals surface area (Å²) in [4.78, 5) is 12.4. The van der Waals surface area contributed by atoms with Crippen molar-refractivity contribution in [3.8, 4) is 0 Å². The van der Waals surface area contributed by atoms with Gasteiger partial charge < -0.3 is 5.32 Å². The number of nitrogens with zero attached hydrogens (tertiary/aromatic N) is 2. The van der Waals surface area contributed by atoms with E-state index in [0.29, 0.717) is 37.5 Å². The molecule has 0 unspecified atom stereocenters. The summed E-state index contributed by atoms with van der Waals surface area (Å²) in [5.74, 6) is 0.0779. The molecule has 8 heteroatoms. The van der Waals surface area contributed by atoms with Crippen molar-refractivity contribution in [1.29, 1.82) is 0 Å². The molecule has 3 aromatic rings. The Kier molecular flexibility index (Phi) is 5.69. The van der Waals surface area contributed by atoms with Crippen molar-refractivity contribution in [1.82, 2.24) is 9.78 Å². The lowest BCUT2D eigenvalue weighted by molar-refractivity contribution is 0.102. The van der Waals surface area contributed by atoms with Crippen LogP contribution in [0.1, 0.15) is 15.9 Å². The van der Waals surface area contributed by atoms with E-state index in [1.807, 2.05) is 6.07 Å². The molecule has 0 spiro atoms. The fourth-order valence-electron chi connectivity index (χ4n) is 2.23. The second-order valence-corrected chi connectivity index (χ2v) is 7.29. The van der Waals surface area contributed by atoms with E-state index >= 15 is 0 Å². The van der Waals surface area contributed by atoms with Gasteiger partial charge in [0, 0.05) is 26.8 Å². The molecule has 0 aliphatic heterocycles. The van der Waals surface area contributed by atoms with E-state index in [-0.39, 0.29) is 5.91 Å². The van der Waals surface area contributed by atoms with Gasteiger partial charge in [0.05, 0.1) is 17.1 Å². The van der Waals surface area contributed by atoms with Crippen molar-refractivity contribution in [2.24, 2.45) is 0 Å². The zero-order valence-electron chi connectivity index (χ0n) is 12.6. The largest absolute Gasteiger partial charge is 0.305 e. The van der Waals surface area contributed by atoms with E-state index in [4.69, 9.17) is 34.8 Å². The van der Waals surface area contributed by atoms with Crippen molar-refractivity contribution < 1.29 is 4.79 Å². The number of rotatable bonds is 4. The first-order valence-corrected chi connectivity index (χ1v) is 9.09. The van der Waals surface area contributed by atoms with E-state index in [0.717, 1.165) is 5.56 Å². The molecule has 0 aliphatic rings. The monoisotopic (exact) mass is 457 g/mol. The molecule has 3 rings (SSSR count). The Labute approximate surface area is 167 Å². The smallest absolute Gasteiger partial charge is 0.259 e. The van der Waals surface area contributed by atoms with Crippen LogP contribution in [0.3, 0.4) is 0 Å². The molecule has 25 heavy (non-hydrogen) atoms. The zero-order valence-corrected chi connectivity index (χ0v) is 16.5. The number of amides is 1. The lowest BCUT2D eigenvalue weighted by Gasteiger charge is -2.07. The highest BCUT2D eigenvalue weighted by atomic mass is 79.9. The minimum absolute atomic E-state index is 0.341. The Bertz CT molecular complexity index is 922. The Morgan fingerprint density at radius 2 is 1.92 bits per heavy atom. The minimum Gasteiger partial charge on any atom is -0.305 e. The van der Waals surface area contributed by atoms with Crippen molar-refractivity contribution in [2.75, 3.05) is 5.32 Å². The maximum atomic E-state index is 12.4. The molecule has 1 N–H and O–H groups in total. The summed E-state index contributed by atoms with van der Waals surface area (Å²) in [5, 5.41) is 8.56. The average molecular weight is 460 g/mol. The van der Waals surface area contributed by atoms with Crippen LogP contribution in [0, 0.1) is 0 Å². The third-order valence-electron chi connectivity index (χ3n) is 3.42. The third kappa shape index (κ3) is 4.36. The summed E-state index contributed by atoms with van der Waals surface area (Å²) in [7, 11) is 0. The second-order valence-electron chi connectivity index (χ2n) is 5.19. The van der Waals surface area contributed by atoms with Crippen molar-refractivity contribution >= 4 is 62.5 Å². The molecule has 1 heterocycles. The normalized spacial score (nSPS) is 10.7. The molecule has 0 saturated heterocycles. The van der Waals surface area contributed by atoms with Gasteiger partial charge in [-0.05, 0) is 45.8 Å². The van der Waals surface area contributed by atoms with Crippen LogP contribution < -0.4 is 5.32 Å². The minimum atomic E-state index is -0.341. The van der Waals surface area contributed by atoms with Crippen LogP contribution >= 0.6 is 50.7 Å². The van der Waals surface area contributed by atoms with Crippen LogP contribution in [0.2, 0.25) is 15.1 Å². The first-order valence-electron chi connectivity index (χ1n) is 7.17. The zero-order chi connectivity index (χ0) is 18.0. The molecule has 128 valence electrons. The topological polar surface area (TPSA) is 46.9 Å². The number of aromatic nitrogens is 2. The summed E-state index contributed by atoms with van der Waals surface area (Å²) in [5.41, 5.74) is 1.24. The summed E-state index contributed by atoms with van der Waals surface area (Å²) in [6.07, 6.45) is 1.75. The molecule has 0 bridgehead atoms. The highest BCUT2D eigenvalue weighted by Gasteiger charge is 2.15. The van der Waals surface area contributed by atoms with Crippen LogP contribution in [0.15, 0.2) is 53.1 Å². The van der Waals surface area contributed by atoms with E-state index in [9.17, 15) is 4.79 Å². The molecule has 0 atom stereocenters. The van der Waals surface area contributed by atoms with Crippen LogP contribution in [-0.2, 0) is 6.54 Å². The molecule has 0 saturated carbocycles. The lowest BCUT2D eigenvalue weighted by Crippen LogP contribution is -2.14.